The maximum absolute atomic E-state index is 10.1. The Kier molecular flexibility index (Phi) is 4.80. The van der Waals surface area contributed by atoms with Crippen molar-refractivity contribution in [2.45, 2.75) is 38.0 Å². The van der Waals surface area contributed by atoms with Crippen molar-refractivity contribution in [1.82, 2.24) is 4.90 Å². The molecule has 0 aliphatic carbocycles. The topological polar surface area (TPSA) is 72.2 Å². The Morgan fingerprint density at radius 2 is 2.21 bits per heavy atom. The van der Waals surface area contributed by atoms with Crippen LogP contribution in [0.2, 0.25) is 0 Å². The van der Waals surface area contributed by atoms with E-state index in [1.54, 1.807) is 0 Å². The van der Waals surface area contributed by atoms with Gasteiger partial charge in [0.15, 0.2) is 0 Å². The van der Waals surface area contributed by atoms with Crippen LogP contribution in [0, 0.1) is 0 Å². The molecule has 0 radical (unpaired) electrons. The molecule has 0 amide bonds. The minimum atomic E-state index is -0.567. The van der Waals surface area contributed by atoms with Crippen LogP contribution in [0.15, 0.2) is 35.4 Å². The zero-order valence-corrected chi connectivity index (χ0v) is 11.2. The lowest BCUT2D eigenvalue weighted by atomic mass is 9.96. The fourth-order valence-electron chi connectivity index (χ4n) is 2.81. The van der Waals surface area contributed by atoms with E-state index in [0.717, 1.165) is 13.0 Å². The van der Waals surface area contributed by atoms with Crippen LogP contribution in [0.4, 0.5) is 0 Å². The van der Waals surface area contributed by atoms with Crippen LogP contribution in [0.5, 0.6) is 0 Å². The molecule has 1 N–H and O–H groups in total. The average molecular weight is 260 g/mol. The summed E-state index contributed by atoms with van der Waals surface area (Å²) in [6, 6.07) is 10.4. The second-order valence-corrected chi connectivity index (χ2v) is 4.96. The first-order chi connectivity index (χ1) is 9.26. The molecule has 1 saturated heterocycles. The fourth-order valence-corrected chi connectivity index (χ4v) is 2.81. The van der Waals surface area contributed by atoms with Gasteiger partial charge in [0.05, 0.1) is 12.1 Å². The van der Waals surface area contributed by atoms with Gasteiger partial charge in [-0.1, -0.05) is 42.4 Å². The Labute approximate surface area is 113 Å². The van der Waals surface area contributed by atoms with Gasteiger partial charge in [0, 0.05) is 17.5 Å². The number of aliphatic hydroxyl groups is 1. The van der Waals surface area contributed by atoms with Crippen LogP contribution in [0.3, 0.4) is 0 Å². The third kappa shape index (κ3) is 3.26. The van der Waals surface area contributed by atoms with Crippen molar-refractivity contribution >= 4 is 0 Å². The van der Waals surface area contributed by atoms with Crippen LogP contribution < -0.4 is 0 Å². The van der Waals surface area contributed by atoms with Crippen molar-refractivity contribution in [3.05, 3.63) is 46.3 Å². The Balaban J connectivity index is 2.08. The summed E-state index contributed by atoms with van der Waals surface area (Å²) in [5.74, 6) is 0. The van der Waals surface area contributed by atoms with E-state index in [0.29, 0.717) is 19.0 Å². The summed E-state index contributed by atoms with van der Waals surface area (Å²) in [6.45, 7) is 3.58. The molecule has 102 valence electrons. The predicted octanol–water partition coefficient (Wildman–Crippen LogP) is 2.88. The maximum Gasteiger partial charge on any atom is 0.0752 e. The minimum absolute atomic E-state index is 0.283. The summed E-state index contributed by atoms with van der Waals surface area (Å²) >= 11 is 0. The van der Waals surface area contributed by atoms with E-state index in [4.69, 9.17) is 5.53 Å². The number of rotatable bonds is 4. The molecule has 0 bridgehead atoms. The smallest absolute Gasteiger partial charge is 0.0752 e. The van der Waals surface area contributed by atoms with Gasteiger partial charge in [-0.25, -0.2) is 0 Å². The molecule has 5 heteroatoms. The fraction of sp³-hybridized carbons (Fsp3) is 0.571. The van der Waals surface area contributed by atoms with Gasteiger partial charge >= 0.3 is 0 Å². The first-order valence-electron chi connectivity index (χ1n) is 6.77. The molecule has 2 rings (SSSR count). The first kappa shape index (κ1) is 13.9. The molecular weight excluding hydrogens is 240 g/mol. The number of β-amino-alcohol motifs (C(OH)–C–C–N with tert-alkyl or cyclic N) is 1. The third-order valence-electron chi connectivity index (χ3n) is 3.79. The minimum Gasteiger partial charge on any atom is -0.391 e. The molecule has 1 unspecified atom stereocenters. The van der Waals surface area contributed by atoms with Crippen molar-refractivity contribution < 1.29 is 5.11 Å². The Bertz CT molecular complexity index is 444. The molecule has 19 heavy (non-hydrogen) atoms. The number of hydrogen-bond acceptors (Lipinski definition) is 3. The summed E-state index contributed by atoms with van der Waals surface area (Å²) in [7, 11) is 0. The van der Waals surface area contributed by atoms with E-state index in [1.807, 2.05) is 18.2 Å². The lowest BCUT2D eigenvalue weighted by Gasteiger charge is -2.39. The number of likely N-dealkylation sites (tertiary alicyclic amines) is 1. The van der Waals surface area contributed by atoms with E-state index < -0.39 is 6.10 Å². The van der Waals surface area contributed by atoms with Crippen LogP contribution in [0.1, 0.15) is 31.4 Å². The molecular formula is C14H20N4O. The summed E-state index contributed by atoms with van der Waals surface area (Å²) in [5, 5.41) is 13.7. The van der Waals surface area contributed by atoms with E-state index >= 15 is 0 Å². The van der Waals surface area contributed by atoms with Crippen molar-refractivity contribution in [1.29, 1.82) is 0 Å². The second kappa shape index (κ2) is 6.57. The summed E-state index contributed by atoms with van der Waals surface area (Å²) in [6.07, 6.45) is 1.15. The summed E-state index contributed by atoms with van der Waals surface area (Å²) in [5.41, 5.74) is 9.75. The van der Waals surface area contributed by atoms with Gasteiger partial charge in [-0.05, 0) is 30.5 Å². The van der Waals surface area contributed by atoms with Gasteiger partial charge in [-0.15, -0.1) is 0 Å². The van der Waals surface area contributed by atoms with E-state index in [2.05, 4.69) is 34.0 Å². The van der Waals surface area contributed by atoms with Crippen LogP contribution in [-0.2, 0) is 0 Å². The molecule has 1 aliphatic heterocycles. The predicted molar refractivity (Wildman–Crippen MR) is 74.6 cm³/mol. The highest BCUT2D eigenvalue weighted by molar-refractivity contribution is 5.19. The quantitative estimate of drug-likeness (QED) is 0.513. The second-order valence-electron chi connectivity index (χ2n) is 4.96. The molecule has 0 aromatic heterocycles. The van der Waals surface area contributed by atoms with Gasteiger partial charge in [0.2, 0.25) is 0 Å². The highest BCUT2D eigenvalue weighted by Gasteiger charge is 2.30. The van der Waals surface area contributed by atoms with Crippen molar-refractivity contribution in [3.63, 3.8) is 0 Å². The van der Waals surface area contributed by atoms with Gasteiger partial charge in [-0.2, -0.15) is 0 Å². The zero-order valence-electron chi connectivity index (χ0n) is 11.2. The Hall–Kier alpha value is -1.55. The van der Waals surface area contributed by atoms with Crippen molar-refractivity contribution in [2.75, 3.05) is 13.1 Å². The van der Waals surface area contributed by atoms with E-state index in [-0.39, 0.29) is 6.04 Å². The Morgan fingerprint density at radius 1 is 1.47 bits per heavy atom. The number of piperidine rings is 1. The van der Waals surface area contributed by atoms with Gasteiger partial charge in [0.25, 0.3) is 0 Å². The van der Waals surface area contributed by atoms with E-state index in [9.17, 15) is 5.11 Å². The molecule has 0 saturated carbocycles. The van der Waals surface area contributed by atoms with Crippen LogP contribution in [0.25, 0.3) is 10.4 Å². The highest BCUT2D eigenvalue weighted by Crippen LogP contribution is 2.28. The monoisotopic (exact) mass is 260 g/mol. The van der Waals surface area contributed by atoms with Gasteiger partial charge < -0.3 is 5.11 Å². The summed E-state index contributed by atoms with van der Waals surface area (Å²) < 4.78 is 0. The van der Waals surface area contributed by atoms with Crippen molar-refractivity contribution in [2.24, 2.45) is 5.11 Å². The molecule has 1 aliphatic rings. The van der Waals surface area contributed by atoms with Crippen LogP contribution >= 0.6 is 0 Å². The highest BCUT2D eigenvalue weighted by atomic mass is 16.3. The number of nitrogens with zero attached hydrogens (tertiary/aromatic N) is 4. The van der Waals surface area contributed by atoms with Gasteiger partial charge in [-0.3, -0.25) is 4.90 Å². The SMILES string of the molecule is CCC(c1ccccc1)N1CC[C@@H](N=[N+]=[N-])[C@H](O)C1. The molecule has 5 nitrogen and oxygen atoms in total. The first-order valence-corrected chi connectivity index (χ1v) is 6.77. The lowest BCUT2D eigenvalue weighted by Crippen LogP contribution is -2.47. The van der Waals surface area contributed by atoms with E-state index in [1.165, 1.54) is 5.56 Å². The maximum atomic E-state index is 10.1. The van der Waals surface area contributed by atoms with Crippen LogP contribution in [-0.4, -0.2) is 35.2 Å². The normalized spacial score (nSPS) is 25.6. The third-order valence-corrected chi connectivity index (χ3v) is 3.79. The number of hydrogen-bond donors (Lipinski definition) is 1. The van der Waals surface area contributed by atoms with Gasteiger partial charge in [0.1, 0.15) is 0 Å². The molecule has 1 aromatic carbocycles. The molecule has 3 atom stereocenters. The van der Waals surface area contributed by atoms with Crippen molar-refractivity contribution in [3.8, 4) is 0 Å². The number of azide groups is 1. The Morgan fingerprint density at radius 3 is 2.79 bits per heavy atom. The lowest BCUT2D eigenvalue weighted by molar-refractivity contribution is 0.0304. The zero-order chi connectivity index (χ0) is 13.7. The standard InChI is InChI=1S/C14H20N4O/c1-2-13(11-6-4-3-5-7-11)18-9-8-12(16-17-15)14(19)10-18/h3-7,12-14,19H,2,8-10H2,1H3/t12-,13?,14-/m1/s1. The summed E-state index contributed by atoms with van der Waals surface area (Å²) in [4.78, 5) is 5.09. The average Bonchev–Trinajstić information content (AvgIpc) is 2.44. The molecule has 1 heterocycles. The molecule has 1 fully saturated rings. The molecule has 0 spiro atoms. The number of benzene rings is 1. The number of aliphatic hydroxyl groups excluding tert-OH is 1. The molecule has 1 aromatic rings. The largest absolute Gasteiger partial charge is 0.391 e.